The lowest BCUT2D eigenvalue weighted by Crippen LogP contribution is -2.30. The Bertz CT molecular complexity index is 997. The molecule has 6 heteroatoms. The maximum atomic E-state index is 12.3. The van der Waals surface area contributed by atoms with Gasteiger partial charge in [-0.15, -0.1) is 0 Å². The predicted octanol–water partition coefficient (Wildman–Crippen LogP) is 3.09. The Hall–Kier alpha value is -3.15. The summed E-state index contributed by atoms with van der Waals surface area (Å²) < 4.78 is 2.13. The number of fused-ring (bicyclic) bond motifs is 1. The number of hydrogen-bond acceptors (Lipinski definition) is 3. The summed E-state index contributed by atoms with van der Waals surface area (Å²) in [7, 11) is 0. The number of rotatable bonds is 8. The van der Waals surface area contributed by atoms with Crippen molar-refractivity contribution in [3.05, 3.63) is 60.4 Å². The SMILES string of the molecule is O=C(CCc1nc2ccccc2n1-c1ccccc1)NCCCN1CCCC1=O. The van der Waals surface area contributed by atoms with Gasteiger partial charge >= 0.3 is 0 Å². The van der Waals surface area contributed by atoms with Crippen LogP contribution in [-0.4, -0.2) is 45.9 Å². The van der Waals surface area contributed by atoms with E-state index in [0.29, 0.717) is 25.8 Å². The molecule has 0 atom stereocenters. The number of nitrogens with zero attached hydrogens (tertiary/aromatic N) is 3. The molecule has 1 fully saturated rings. The molecule has 2 aromatic carbocycles. The molecule has 0 bridgehead atoms. The summed E-state index contributed by atoms with van der Waals surface area (Å²) in [6, 6.07) is 18.1. The zero-order chi connectivity index (χ0) is 20.1. The minimum absolute atomic E-state index is 0.0180. The van der Waals surface area contributed by atoms with Gasteiger partial charge in [0, 0.05) is 44.6 Å². The van der Waals surface area contributed by atoms with Crippen molar-refractivity contribution < 1.29 is 9.59 Å². The molecule has 150 valence electrons. The van der Waals surface area contributed by atoms with Gasteiger partial charge in [-0.05, 0) is 37.1 Å². The van der Waals surface area contributed by atoms with Crippen LogP contribution in [0.5, 0.6) is 0 Å². The Kier molecular flexibility index (Phi) is 5.89. The van der Waals surface area contributed by atoms with Gasteiger partial charge in [-0.3, -0.25) is 14.2 Å². The van der Waals surface area contributed by atoms with Gasteiger partial charge in [0.2, 0.25) is 11.8 Å². The van der Waals surface area contributed by atoms with Crippen molar-refractivity contribution in [2.24, 2.45) is 0 Å². The highest BCUT2D eigenvalue weighted by Gasteiger charge is 2.19. The average Bonchev–Trinajstić information content (AvgIpc) is 3.33. The first-order valence-corrected chi connectivity index (χ1v) is 10.3. The van der Waals surface area contributed by atoms with Crippen molar-refractivity contribution >= 4 is 22.8 Å². The molecule has 1 N–H and O–H groups in total. The molecular formula is C23H26N4O2. The second-order valence-corrected chi connectivity index (χ2v) is 7.38. The van der Waals surface area contributed by atoms with Gasteiger partial charge in [-0.25, -0.2) is 4.98 Å². The topological polar surface area (TPSA) is 67.2 Å². The molecule has 29 heavy (non-hydrogen) atoms. The smallest absolute Gasteiger partial charge is 0.222 e. The highest BCUT2D eigenvalue weighted by atomic mass is 16.2. The van der Waals surface area contributed by atoms with Crippen molar-refractivity contribution in [3.63, 3.8) is 0 Å². The molecule has 1 saturated heterocycles. The van der Waals surface area contributed by atoms with Crippen LogP contribution in [0.2, 0.25) is 0 Å². The van der Waals surface area contributed by atoms with Crippen molar-refractivity contribution in [2.45, 2.75) is 32.1 Å². The lowest BCUT2D eigenvalue weighted by Gasteiger charge is -2.15. The maximum absolute atomic E-state index is 12.3. The summed E-state index contributed by atoms with van der Waals surface area (Å²) in [6.45, 7) is 2.17. The van der Waals surface area contributed by atoms with Gasteiger partial charge in [0.25, 0.3) is 0 Å². The predicted molar refractivity (Wildman–Crippen MR) is 113 cm³/mol. The molecule has 6 nitrogen and oxygen atoms in total. The van der Waals surface area contributed by atoms with E-state index >= 15 is 0 Å². The highest BCUT2D eigenvalue weighted by Crippen LogP contribution is 2.22. The van der Waals surface area contributed by atoms with Crippen molar-refractivity contribution in [1.29, 1.82) is 0 Å². The van der Waals surface area contributed by atoms with Gasteiger partial charge in [0.15, 0.2) is 0 Å². The van der Waals surface area contributed by atoms with Crippen molar-refractivity contribution in [1.82, 2.24) is 19.8 Å². The molecule has 0 radical (unpaired) electrons. The van der Waals surface area contributed by atoms with Crippen LogP contribution in [0.3, 0.4) is 0 Å². The van der Waals surface area contributed by atoms with E-state index in [0.717, 1.165) is 48.5 Å². The zero-order valence-electron chi connectivity index (χ0n) is 16.5. The van der Waals surface area contributed by atoms with Crippen LogP contribution < -0.4 is 5.32 Å². The third-order valence-electron chi connectivity index (χ3n) is 5.32. The highest BCUT2D eigenvalue weighted by molar-refractivity contribution is 5.79. The first-order valence-electron chi connectivity index (χ1n) is 10.3. The number of carbonyl (C=O) groups excluding carboxylic acids is 2. The van der Waals surface area contributed by atoms with Crippen LogP contribution in [0.15, 0.2) is 54.6 Å². The molecule has 0 aliphatic carbocycles. The number of carbonyl (C=O) groups is 2. The summed E-state index contributed by atoms with van der Waals surface area (Å²) in [6.07, 6.45) is 3.36. The van der Waals surface area contributed by atoms with Crippen LogP contribution in [-0.2, 0) is 16.0 Å². The molecule has 0 saturated carbocycles. The molecule has 2 heterocycles. The number of aromatic nitrogens is 2. The number of amides is 2. The Balaban J connectivity index is 1.35. The van der Waals surface area contributed by atoms with E-state index in [9.17, 15) is 9.59 Å². The van der Waals surface area contributed by atoms with E-state index in [1.54, 1.807) is 0 Å². The van der Waals surface area contributed by atoms with Gasteiger partial charge in [-0.1, -0.05) is 30.3 Å². The third-order valence-corrected chi connectivity index (χ3v) is 5.32. The van der Waals surface area contributed by atoms with E-state index < -0.39 is 0 Å². The van der Waals surface area contributed by atoms with E-state index in [2.05, 4.69) is 28.1 Å². The standard InChI is InChI=1S/C23H26N4O2/c28-22(24-15-7-17-26-16-6-12-23(26)29)14-13-21-25-19-10-4-5-11-20(19)27(21)18-8-2-1-3-9-18/h1-5,8-11H,6-7,12-17H2,(H,24,28). The van der Waals surface area contributed by atoms with Crippen molar-refractivity contribution in [2.75, 3.05) is 19.6 Å². The minimum Gasteiger partial charge on any atom is -0.356 e. The summed E-state index contributed by atoms with van der Waals surface area (Å²) >= 11 is 0. The second kappa shape index (κ2) is 8.90. The number of hydrogen-bond donors (Lipinski definition) is 1. The lowest BCUT2D eigenvalue weighted by molar-refractivity contribution is -0.127. The monoisotopic (exact) mass is 390 g/mol. The molecule has 1 aliphatic heterocycles. The van der Waals surface area contributed by atoms with Gasteiger partial charge in [0.1, 0.15) is 5.82 Å². The normalized spacial score (nSPS) is 13.9. The fraction of sp³-hybridized carbons (Fsp3) is 0.348. The molecule has 3 aromatic rings. The fourth-order valence-electron chi connectivity index (χ4n) is 3.86. The maximum Gasteiger partial charge on any atom is 0.222 e. The minimum atomic E-state index is 0.0180. The van der Waals surface area contributed by atoms with Crippen LogP contribution in [0.4, 0.5) is 0 Å². The van der Waals surface area contributed by atoms with E-state index in [1.165, 1.54) is 0 Å². The first-order chi connectivity index (χ1) is 14.2. The number of para-hydroxylation sites is 3. The van der Waals surface area contributed by atoms with Crippen LogP contribution >= 0.6 is 0 Å². The Morgan fingerprint density at radius 3 is 2.66 bits per heavy atom. The number of nitrogens with one attached hydrogen (secondary N) is 1. The second-order valence-electron chi connectivity index (χ2n) is 7.38. The van der Waals surface area contributed by atoms with Gasteiger partial charge < -0.3 is 10.2 Å². The Morgan fingerprint density at radius 1 is 1.07 bits per heavy atom. The number of benzene rings is 2. The summed E-state index contributed by atoms with van der Waals surface area (Å²) in [5.74, 6) is 1.13. The van der Waals surface area contributed by atoms with Crippen LogP contribution in [0.25, 0.3) is 16.7 Å². The summed E-state index contributed by atoms with van der Waals surface area (Å²) in [5.41, 5.74) is 3.03. The van der Waals surface area contributed by atoms with Gasteiger partial charge in [-0.2, -0.15) is 0 Å². The van der Waals surface area contributed by atoms with Crippen LogP contribution in [0, 0.1) is 0 Å². The van der Waals surface area contributed by atoms with E-state index in [1.807, 2.05) is 41.3 Å². The molecular weight excluding hydrogens is 364 g/mol. The summed E-state index contributed by atoms with van der Waals surface area (Å²) in [4.78, 5) is 30.6. The number of aryl methyl sites for hydroxylation is 1. The Morgan fingerprint density at radius 2 is 1.86 bits per heavy atom. The summed E-state index contributed by atoms with van der Waals surface area (Å²) in [5, 5.41) is 2.97. The average molecular weight is 390 g/mol. The lowest BCUT2D eigenvalue weighted by atomic mass is 10.2. The molecule has 4 rings (SSSR count). The molecule has 1 aromatic heterocycles. The molecule has 0 unspecified atom stereocenters. The van der Waals surface area contributed by atoms with Crippen molar-refractivity contribution in [3.8, 4) is 5.69 Å². The van der Waals surface area contributed by atoms with Gasteiger partial charge in [0.05, 0.1) is 11.0 Å². The first kappa shape index (κ1) is 19.2. The third kappa shape index (κ3) is 4.47. The molecule has 1 aliphatic rings. The molecule has 2 amide bonds. The number of imidazole rings is 1. The van der Waals surface area contributed by atoms with E-state index in [-0.39, 0.29) is 11.8 Å². The zero-order valence-corrected chi connectivity index (χ0v) is 16.5. The van der Waals surface area contributed by atoms with Crippen LogP contribution in [0.1, 0.15) is 31.5 Å². The quantitative estimate of drug-likeness (QED) is 0.601. The Labute approximate surface area is 170 Å². The molecule has 0 spiro atoms. The number of likely N-dealkylation sites (tertiary alicyclic amines) is 1. The fourth-order valence-corrected chi connectivity index (χ4v) is 3.86. The van der Waals surface area contributed by atoms with E-state index in [4.69, 9.17) is 4.98 Å². The largest absolute Gasteiger partial charge is 0.356 e.